The van der Waals surface area contributed by atoms with Gasteiger partial charge in [-0.15, -0.1) is 0 Å². The molecule has 0 fully saturated rings. The van der Waals surface area contributed by atoms with Crippen LogP contribution in [0.15, 0.2) is 48.5 Å². The fourth-order valence-corrected chi connectivity index (χ4v) is 14.7. The first-order chi connectivity index (χ1) is 56.5. The zero-order valence-electron chi connectivity index (χ0n) is 74.8. The van der Waals surface area contributed by atoms with Crippen LogP contribution in [-0.4, -0.2) is 205 Å². The summed E-state index contributed by atoms with van der Waals surface area (Å²) in [7, 11) is 15.1. The number of hydrogen-bond acceptors (Lipinski definition) is 24. The number of amides is 8. The van der Waals surface area contributed by atoms with Crippen LogP contribution >= 0.6 is 0 Å². The second-order valence-electron chi connectivity index (χ2n) is 32.9. The van der Waals surface area contributed by atoms with E-state index < -0.39 is 167 Å². The minimum absolute atomic E-state index is 0.0418. The van der Waals surface area contributed by atoms with Crippen molar-refractivity contribution in [2.24, 2.45) is 47.3 Å². The summed E-state index contributed by atoms with van der Waals surface area (Å²) in [6.07, 6.45) is -0.167. The second kappa shape index (κ2) is 45.4. The number of ether oxygens (including phenoxy) is 12. The van der Waals surface area contributed by atoms with E-state index in [1.807, 2.05) is 55.4 Å². The van der Waals surface area contributed by atoms with Gasteiger partial charge in [0.25, 0.3) is 0 Å². The lowest BCUT2D eigenvalue weighted by Crippen LogP contribution is -2.54. The van der Waals surface area contributed by atoms with Gasteiger partial charge in [-0.05, 0) is 97.3 Å². The molecular formula is C88H128N8O24. The first-order valence-electron chi connectivity index (χ1n) is 40.3. The standard InChI is InChI=1S/C88H128N8O24/c1-41(2)29-57(77(97)93-73(45(9)10)85(105)117-25)89-81(101)69-49-33-51(63(111-19)37-61(49)109-17)70(82(102)90-58(30-42(3)4)78(98)94-74(46(11)12)86(106)118-26)53-35-55(67(115-23)39-65(53)113-21)72(84(104)92-60(32-44(7)8)80(100)96-76(48(15)16)88(108)120-28)56-36-54(66(114-22)40-68(56)116-24)71(52-34-50(69)62(110-18)38-64(52)112-20)83(103)91-59(31-43(5)6)79(99)95-75(47(13)14)87(107)119-27/h33-48,57-60,69-76H,29-32H2,1-28H3,(H,89,101)(H,90,102)(H,91,103)(H,92,104)(H,93,97)(H,94,98)(H,95,99)(H,96,100)/t57-,58-,59-,60-,69?,70?,71?,72?,73-,74-,75-,76-/m0/s1. The molecule has 0 aromatic heterocycles. The number of benzene rings is 4. The lowest BCUT2D eigenvalue weighted by molar-refractivity contribution is -0.147. The van der Waals surface area contributed by atoms with Gasteiger partial charge < -0.3 is 99.4 Å². The average Bonchev–Trinajstić information content (AvgIpc) is 0.738. The topological polar surface area (TPSA) is 412 Å². The van der Waals surface area contributed by atoms with E-state index >= 15 is 38.4 Å². The fraction of sp³-hybridized carbons (Fsp3) is 0.591. The van der Waals surface area contributed by atoms with Crippen molar-refractivity contribution in [2.45, 2.75) is 208 Å². The van der Waals surface area contributed by atoms with E-state index in [0.717, 1.165) is 0 Å². The molecule has 0 unspecified atom stereocenters. The summed E-state index contributed by atoms with van der Waals surface area (Å²) in [6.45, 7) is 28.1. The SMILES string of the molecule is COC(=O)[C@@H](NC(=O)[C@H](CC(C)C)NC(=O)C1c2cc(c(OC)cc2OC)C(C(=O)N[C@@H](CC(C)C)C(=O)N[C@H](C(=O)OC)C(C)C)c2cc(c(OC)cc2OC)C(C(=O)N[C@@H](CC(C)C)C(=O)N[C@H](C(=O)OC)C(C)C)c2cc(c(OC)cc2OC)C(C(=O)N[C@@H](CC(C)C)C(=O)N[C@H](C(=O)OC)C(C)C)c2cc1c(OC)cc2OC)C(C)C. The van der Waals surface area contributed by atoms with Crippen molar-refractivity contribution >= 4 is 71.1 Å². The monoisotopic (exact) mass is 1680 g/mol. The maximum Gasteiger partial charge on any atom is 0.328 e. The lowest BCUT2D eigenvalue weighted by Gasteiger charge is -2.32. The highest BCUT2D eigenvalue weighted by atomic mass is 16.5. The molecule has 0 saturated heterocycles. The van der Waals surface area contributed by atoms with Gasteiger partial charge in [0.15, 0.2) is 0 Å². The third-order valence-electron chi connectivity index (χ3n) is 20.9. The third-order valence-corrected chi connectivity index (χ3v) is 20.9. The van der Waals surface area contributed by atoms with Crippen molar-refractivity contribution in [1.82, 2.24) is 42.5 Å². The molecule has 8 atom stereocenters. The Hall–Kier alpha value is -11.1. The molecule has 8 N–H and O–H groups in total. The van der Waals surface area contributed by atoms with Crippen LogP contribution in [0.5, 0.6) is 46.0 Å². The Labute approximate surface area is 705 Å². The fourth-order valence-electron chi connectivity index (χ4n) is 14.7. The Morgan fingerprint density at radius 2 is 0.375 bits per heavy atom. The number of esters is 4. The number of methoxy groups -OCH3 is 12. The number of fused-ring (bicyclic) bond motifs is 8. The van der Waals surface area contributed by atoms with Gasteiger partial charge in [0.1, 0.15) is 94.3 Å². The second-order valence-corrected chi connectivity index (χ2v) is 32.9. The average molecular weight is 1680 g/mol. The molecule has 664 valence electrons. The lowest BCUT2D eigenvalue weighted by atomic mass is 9.78. The van der Waals surface area contributed by atoms with E-state index in [0.29, 0.717) is 0 Å². The summed E-state index contributed by atoms with van der Waals surface area (Å²) in [5.41, 5.74) is -0.827. The van der Waals surface area contributed by atoms with Crippen LogP contribution in [0.4, 0.5) is 0 Å². The minimum Gasteiger partial charge on any atom is -0.496 e. The molecule has 5 rings (SSSR count). The van der Waals surface area contributed by atoms with Crippen LogP contribution in [0.2, 0.25) is 0 Å². The highest BCUT2D eigenvalue weighted by Crippen LogP contribution is 2.52. The third kappa shape index (κ3) is 24.6. The summed E-state index contributed by atoms with van der Waals surface area (Å²) in [5.74, 6) is -21.8. The van der Waals surface area contributed by atoms with E-state index in [1.165, 1.54) is 134 Å². The molecule has 8 amide bonds. The zero-order valence-corrected chi connectivity index (χ0v) is 74.8. The molecule has 4 aromatic rings. The Kier molecular flexibility index (Phi) is 37.6. The molecule has 4 aromatic carbocycles. The predicted octanol–water partition coefficient (Wildman–Crippen LogP) is 7.98. The van der Waals surface area contributed by atoms with Crippen molar-refractivity contribution < 1.29 is 114 Å². The number of rotatable bonds is 40. The summed E-state index contributed by atoms with van der Waals surface area (Å²) in [5, 5.41) is 23.2. The van der Waals surface area contributed by atoms with Gasteiger partial charge in [-0.1, -0.05) is 111 Å². The summed E-state index contributed by atoms with van der Waals surface area (Å²) >= 11 is 0. The number of carbonyl (C=O) groups is 12. The van der Waals surface area contributed by atoms with Crippen molar-refractivity contribution in [2.75, 3.05) is 85.3 Å². The van der Waals surface area contributed by atoms with Crippen molar-refractivity contribution in [3.63, 3.8) is 0 Å². The van der Waals surface area contributed by atoms with Crippen molar-refractivity contribution in [3.8, 4) is 46.0 Å². The molecule has 8 bridgehead atoms. The van der Waals surface area contributed by atoms with E-state index in [-0.39, 0.29) is 140 Å². The number of carbonyl (C=O) groups excluding carboxylic acids is 12. The summed E-state index contributed by atoms with van der Waals surface area (Å²) in [4.78, 5) is 182. The Balaban J connectivity index is 2.30. The van der Waals surface area contributed by atoms with Crippen LogP contribution in [0.1, 0.15) is 205 Å². The molecule has 0 spiro atoms. The molecule has 120 heavy (non-hydrogen) atoms. The largest absolute Gasteiger partial charge is 0.496 e. The Morgan fingerprint density at radius 3 is 0.483 bits per heavy atom. The van der Waals surface area contributed by atoms with E-state index in [4.69, 9.17) is 56.8 Å². The van der Waals surface area contributed by atoms with Crippen molar-refractivity contribution in [3.05, 3.63) is 93.0 Å². The van der Waals surface area contributed by atoms with Crippen LogP contribution in [-0.2, 0) is 76.5 Å². The Morgan fingerprint density at radius 1 is 0.233 bits per heavy atom. The van der Waals surface area contributed by atoms with Gasteiger partial charge in [0.05, 0.1) is 109 Å². The van der Waals surface area contributed by atoms with Gasteiger partial charge in [-0.25, -0.2) is 19.2 Å². The molecule has 1 aliphatic rings. The van der Waals surface area contributed by atoms with E-state index in [2.05, 4.69) is 42.5 Å². The first kappa shape index (κ1) is 99.5. The molecular weight excluding hydrogens is 1550 g/mol. The zero-order chi connectivity index (χ0) is 90.3. The molecule has 1 aliphatic carbocycles. The molecule has 0 aliphatic heterocycles. The van der Waals surface area contributed by atoms with Gasteiger partial charge in [-0.3, -0.25) is 38.4 Å². The maximum atomic E-state index is 16.9. The van der Waals surface area contributed by atoms with E-state index in [1.54, 1.807) is 55.4 Å². The molecule has 32 heteroatoms. The summed E-state index contributed by atoms with van der Waals surface area (Å²) < 4.78 is 71.2. The summed E-state index contributed by atoms with van der Waals surface area (Å²) in [6, 6.07) is 0.685. The van der Waals surface area contributed by atoms with Crippen LogP contribution in [0.3, 0.4) is 0 Å². The van der Waals surface area contributed by atoms with Crippen LogP contribution in [0.25, 0.3) is 0 Å². The Bertz CT molecular complexity index is 3650. The predicted molar refractivity (Wildman–Crippen MR) is 446 cm³/mol. The molecule has 0 heterocycles. The maximum absolute atomic E-state index is 16.9. The molecule has 0 saturated carbocycles. The highest BCUT2D eigenvalue weighted by molar-refractivity contribution is 6.00. The van der Waals surface area contributed by atoms with Gasteiger partial charge in [0, 0.05) is 68.8 Å². The molecule has 32 nitrogen and oxygen atoms in total. The van der Waals surface area contributed by atoms with Crippen LogP contribution < -0.4 is 80.4 Å². The first-order valence-corrected chi connectivity index (χ1v) is 40.3. The van der Waals surface area contributed by atoms with Gasteiger partial charge in [-0.2, -0.15) is 0 Å². The minimum atomic E-state index is -1.85. The van der Waals surface area contributed by atoms with Gasteiger partial charge in [0.2, 0.25) is 47.3 Å². The van der Waals surface area contributed by atoms with Crippen molar-refractivity contribution in [1.29, 1.82) is 0 Å². The van der Waals surface area contributed by atoms with E-state index in [9.17, 15) is 19.2 Å². The molecule has 0 radical (unpaired) electrons. The smallest absolute Gasteiger partial charge is 0.328 e. The number of hydrogen-bond donors (Lipinski definition) is 8. The van der Waals surface area contributed by atoms with Gasteiger partial charge >= 0.3 is 23.9 Å². The quantitative estimate of drug-likeness (QED) is 0.0154. The highest BCUT2D eigenvalue weighted by Gasteiger charge is 2.45. The number of nitrogens with one attached hydrogen (secondary N) is 8. The van der Waals surface area contributed by atoms with Crippen LogP contribution in [0, 0.1) is 47.3 Å². The normalized spacial score (nSPS) is 16.4.